The molecule has 1 aromatic rings. The van der Waals surface area contributed by atoms with E-state index in [2.05, 4.69) is 5.32 Å². The molecular weight excluding hydrogens is 347 g/mol. The number of amides is 1. The zero-order valence-corrected chi connectivity index (χ0v) is 13.9. The van der Waals surface area contributed by atoms with Gasteiger partial charge in [0.25, 0.3) is 11.6 Å². The van der Waals surface area contributed by atoms with Crippen molar-refractivity contribution in [2.24, 2.45) is 5.41 Å². The number of alkyl halides is 2. The van der Waals surface area contributed by atoms with Crippen LogP contribution in [0, 0.1) is 15.5 Å². The number of anilines is 1. The first kappa shape index (κ1) is 17.5. The first-order chi connectivity index (χ1) is 10.6. The Bertz CT molecular complexity index is 679. The van der Waals surface area contributed by atoms with E-state index in [1.54, 1.807) is 13.0 Å². The first-order valence-corrected chi connectivity index (χ1v) is 7.47. The van der Waals surface area contributed by atoms with E-state index < -0.39 is 32.7 Å². The number of halogens is 2. The van der Waals surface area contributed by atoms with E-state index in [9.17, 15) is 19.7 Å². The summed E-state index contributed by atoms with van der Waals surface area (Å²) < 4.78 is 3.86. The predicted octanol–water partition coefficient (Wildman–Crippen LogP) is 3.05. The Morgan fingerprint density at radius 2 is 1.96 bits per heavy atom. The molecule has 1 aliphatic rings. The van der Waals surface area contributed by atoms with Crippen LogP contribution in [0.25, 0.3) is 0 Å². The van der Waals surface area contributed by atoms with Crippen LogP contribution >= 0.6 is 23.2 Å². The van der Waals surface area contributed by atoms with Gasteiger partial charge in [-0.15, -0.1) is 23.2 Å². The lowest BCUT2D eigenvalue weighted by atomic mass is 10.1. The van der Waals surface area contributed by atoms with E-state index in [-0.39, 0.29) is 17.8 Å². The lowest BCUT2D eigenvalue weighted by Gasteiger charge is -2.17. The normalized spacial score (nSPS) is 22.8. The molecule has 9 heteroatoms. The Labute approximate surface area is 142 Å². The van der Waals surface area contributed by atoms with Crippen LogP contribution < -0.4 is 5.32 Å². The molecule has 1 aromatic carbocycles. The zero-order valence-electron chi connectivity index (χ0n) is 12.3. The van der Waals surface area contributed by atoms with Crippen molar-refractivity contribution in [2.75, 3.05) is 5.32 Å². The minimum absolute atomic E-state index is 0.0204. The Morgan fingerprint density at radius 1 is 1.39 bits per heavy atom. The van der Waals surface area contributed by atoms with Crippen molar-refractivity contribution in [3.05, 3.63) is 34.4 Å². The van der Waals surface area contributed by atoms with E-state index in [4.69, 9.17) is 27.9 Å². The molecule has 1 aliphatic carbocycles. The van der Waals surface area contributed by atoms with Crippen molar-refractivity contribution < 1.29 is 19.2 Å². The summed E-state index contributed by atoms with van der Waals surface area (Å²) in [6.45, 7) is 2.90. The number of nitrogens with one attached hydrogen (secondary N) is 1. The number of nitrogens with zero attached hydrogens (tertiary/aromatic N) is 1. The Hall–Kier alpha value is -1.86. The van der Waals surface area contributed by atoms with Crippen molar-refractivity contribution in [3.63, 3.8) is 0 Å². The van der Waals surface area contributed by atoms with Gasteiger partial charge in [-0.05, 0) is 19.9 Å². The van der Waals surface area contributed by atoms with Gasteiger partial charge in [0.1, 0.15) is 15.4 Å². The van der Waals surface area contributed by atoms with Crippen LogP contribution in [-0.4, -0.2) is 27.2 Å². The number of benzene rings is 1. The quantitative estimate of drug-likeness (QED) is 0.376. The topological polar surface area (TPSA) is 98.5 Å². The monoisotopic (exact) mass is 360 g/mol. The smallest absolute Gasteiger partial charge is 0.315 e. The summed E-state index contributed by atoms with van der Waals surface area (Å²) in [6, 6.07) is 5.66. The first-order valence-electron chi connectivity index (χ1n) is 6.72. The highest BCUT2D eigenvalue weighted by Gasteiger charge is 2.69. The average Bonchev–Trinajstić information content (AvgIpc) is 2.99. The molecule has 23 heavy (non-hydrogen) atoms. The molecule has 1 amide bonds. The fraction of sp³-hybridized carbons (Fsp3) is 0.429. The Morgan fingerprint density at radius 3 is 2.48 bits per heavy atom. The third-order valence-electron chi connectivity index (χ3n) is 3.72. The number of para-hydroxylation sites is 2. The molecule has 7 nitrogen and oxygen atoms in total. The fourth-order valence-electron chi connectivity index (χ4n) is 1.94. The second kappa shape index (κ2) is 5.98. The van der Waals surface area contributed by atoms with Crippen molar-refractivity contribution in [1.82, 2.24) is 0 Å². The lowest BCUT2D eigenvalue weighted by molar-refractivity contribution is -0.383. The van der Waals surface area contributed by atoms with Gasteiger partial charge in [0.2, 0.25) is 0 Å². The lowest BCUT2D eigenvalue weighted by Crippen LogP contribution is -2.33. The van der Waals surface area contributed by atoms with E-state index in [0.717, 1.165) is 0 Å². The molecule has 0 aliphatic heterocycles. The molecule has 2 atom stereocenters. The number of hydrogen-bond donors (Lipinski definition) is 1. The largest absolute Gasteiger partial charge is 0.452 e. The average molecular weight is 361 g/mol. The van der Waals surface area contributed by atoms with Gasteiger partial charge in [0.05, 0.1) is 4.92 Å². The highest BCUT2D eigenvalue weighted by molar-refractivity contribution is 6.53. The van der Waals surface area contributed by atoms with Crippen molar-refractivity contribution in [3.8, 4) is 0 Å². The number of rotatable bonds is 5. The van der Waals surface area contributed by atoms with E-state index in [0.29, 0.717) is 0 Å². The number of nitro groups is 1. The van der Waals surface area contributed by atoms with Gasteiger partial charge in [0, 0.05) is 12.5 Å². The van der Waals surface area contributed by atoms with E-state index in [1.165, 1.54) is 25.1 Å². The van der Waals surface area contributed by atoms with E-state index in [1.807, 2.05) is 0 Å². The summed E-state index contributed by atoms with van der Waals surface area (Å²) in [7, 11) is 0. The zero-order chi connectivity index (χ0) is 17.4. The molecule has 0 radical (unpaired) electrons. The number of esters is 1. The summed E-state index contributed by atoms with van der Waals surface area (Å²) in [4.78, 5) is 34.3. The molecule has 0 aromatic heterocycles. The molecule has 0 heterocycles. The summed E-state index contributed by atoms with van der Waals surface area (Å²) in [5.41, 5.74) is -1.29. The Balaban J connectivity index is 2.02. The van der Waals surface area contributed by atoms with Crippen molar-refractivity contribution >= 4 is 46.5 Å². The number of ether oxygens (including phenoxy) is 1. The number of carbonyl (C=O) groups is 2. The molecule has 1 N–H and O–H groups in total. The van der Waals surface area contributed by atoms with Gasteiger partial charge >= 0.3 is 5.97 Å². The minimum atomic E-state index is -1.20. The van der Waals surface area contributed by atoms with Crippen LogP contribution in [0.5, 0.6) is 0 Å². The summed E-state index contributed by atoms with van der Waals surface area (Å²) in [6.07, 6.45) is -0.913. The highest BCUT2D eigenvalue weighted by atomic mass is 35.5. The van der Waals surface area contributed by atoms with E-state index >= 15 is 0 Å². The van der Waals surface area contributed by atoms with Crippen LogP contribution in [0.15, 0.2) is 24.3 Å². The predicted molar refractivity (Wildman–Crippen MR) is 84.4 cm³/mol. The van der Waals surface area contributed by atoms with Gasteiger partial charge in [0.15, 0.2) is 6.10 Å². The highest BCUT2D eigenvalue weighted by Crippen LogP contribution is 2.64. The molecule has 1 fully saturated rings. The SMILES string of the molecule is CC(OC(=O)C1(C)CC1(Cl)Cl)C(=O)Nc1ccccc1[N+](=O)[O-]. The maximum Gasteiger partial charge on any atom is 0.315 e. The molecule has 2 rings (SSSR count). The second-order valence-electron chi connectivity index (χ2n) is 5.52. The third-order valence-corrected chi connectivity index (χ3v) is 4.82. The summed E-state index contributed by atoms with van der Waals surface area (Å²) in [5.74, 6) is -1.38. The van der Waals surface area contributed by atoms with Crippen LogP contribution in [-0.2, 0) is 14.3 Å². The molecule has 2 unspecified atom stereocenters. The number of carbonyl (C=O) groups excluding carboxylic acids is 2. The molecule has 0 spiro atoms. The minimum Gasteiger partial charge on any atom is -0.452 e. The molecule has 0 bridgehead atoms. The van der Waals surface area contributed by atoms with Crippen molar-refractivity contribution in [2.45, 2.75) is 30.7 Å². The van der Waals surface area contributed by atoms with Gasteiger partial charge in [-0.25, -0.2) is 0 Å². The van der Waals surface area contributed by atoms with Gasteiger partial charge in [-0.1, -0.05) is 12.1 Å². The second-order valence-corrected chi connectivity index (χ2v) is 7.01. The molecule has 124 valence electrons. The number of nitro benzene ring substituents is 1. The maximum absolute atomic E-state index is 12.1. The number of hydrogen-bond acceptors (Lipinski definition) is 5. The van der Waals surface area contributed by atoms with Gasteiger partial charge < -0.3 is 10.1 Å². The summed E-state index contributed by atoms with van der Waals surface area (Å²) in [5, 5.41) is 13.3. The van der Waals surface area contributed by atoms with Crippen molar-refractivity contribution in [1.29, 1.82) is 0 Å². The standard InChI is InChI=1S/C14H14Cl2N2O5/c1-8(23-12(20)13(2)7-14(13,15)16)11(19)17-9-5-3-4-6-10(9)18(21)22/h3-6,8H,7H2,1-2H3,(H,17,19). The van der Waals surface area contributed by atoms with Gasteiger partial charge in [-0.2, -0.15) is 0 Å². The molecule has 0 saturated heterocycles. The van der Waals surface area contributed by atoms with Crippen LogP contribution in [0.2, 0.25) is 0 Å². The molecular formula is C14H14Cl2N2O5. The maximum atomic E-state index is 12.1. The van der Waals surface area contributed by atoms with Crippen LogP contribution in [0.3, 0.4) is 0 Å². The van der Waals surface area contributed by atoms with Crippen LogP contribution in [0.4, 0.5) is 11.4 Å². The van der Waals surface area contributed by atoms with Crippen LogP contribution in [0.1, 0.15) is 20.3 Å². The fourth-order valence-corrected chi connectivity index (χ4v) is 2.63. The Kier molecular flexibility index (Phi) is 4.54. The molecule has 1 saturated carbocycles. The summed E-state index contributed by atoms with van der Waals surface area (Å²) >= 11 is 11.8. The van der Waals surface area contributed by atoms with Gasteiger partial charge in [-0.3, -0.25) is 19.7 Å². The third kappa shape index (κ3) is 3.40.